The van der Waals surface area contributed by atoms with Crippen LogP contribution in [0.4, 0.5) is 11.4 Å². The first-order valence-corrected chi connectivity index (χ1v) is 12.7. The number of para-hydroxylation sites is 2. The molecule has 1 aliphatic rings. The number of carboxylic acids is 1. The highest BCUT2D eigenvalue weighted by molar-refractivity contribution is 6.05. The molecule has 0 saturated heterocycles. The molecule has 38 heavy (non-hydrogen) atoms. The molecule has 1 heterocycles. The molecule has 1 aliphatic heterocycles. The lowest BCUT2D eigenvalue weighted by atomic mass is 10.0. The molecule has 192 valence electrons. The molecule has 4 aromatic rings. The lowest BCUT2D eigenvalue weighted by Crippen LogP contribution is -2.26. The van der Waals surface area contributed by atoms with Crippen molar-refractivity contribution in [3.8, 4) is 5.75 Å². The standard InChI is InChI=1S/C32H29NO5/c34-30-21-25-10-4-6-12-28(25)33(29-13-7-5-11-27(29)30)18-19-37-26-16-14-23(15-17-26)20-31(32(35)36)38-22-24-8-2-1-3-9-24/h1-17,31H,18-22H2,(H,35,36). The van der Waals surface area contributed by atoms with Gasteiger partial charge in [0.2, 0.25) is 0 Å². The summed E-state index contributed by atoms with van der Waals surface area (Å²) in [5.74, 6) is -0.185. The molecule has 6 heteroatoms. The van der Waals surface area contributed by atoms with Gasteiger partial charge in [-0.3, -0.25) is 4.79 Å². The van der Waals surface area contributed by atoms with Crippen LogP contribution < -0.4 is 9.64 Å². The van der Waals surface area contributed by atoms with E-state index in [0.29, 0.717) is 25.3 Å². The number of carboxylic acid groups (broad SMARTS) is 1. The van der Waals surface area contributed by atoms with Crippen LogP contribution in [0.3, 0.4) is 0 Å². The zero-order valence-electron chi connectivity index (χ0n) is 21.0. The Bertz CT molecular complexity index is 1400. The van der Waals surface area contributed by atoms with Crippen molar-refractivity contribution >= 4 is 23.1 Å². The van der Waals surface area contributed by atoms with Gasteiger partial charge >= 0.3 is 5.97 Å². The Labute approximate surface area is 222 Å². The number of hydrogen-bond acceptors (Lipinski definition) is 5. The van der Waals surface area contributed by atoms with E-state index in [2.05, 4.69) is 4.90 Å². The minimum Gasteiger partial charge on any atom is -0.492 e. The quantitative estimate of drug-likeness (QED) is 0.290. The summed E-state index contributed by atoms with van der Waals surface area (Å²) < 4.78 is 11.7. The van der Waals surface area contributed by atoms with E-state index in [1.54, 1.807) is 0 Å². The highest BCUT2D eigenvalue weighted by atomic mass is 16.5. The second-order valence-electron chi connectivity index (χ2n) is 9.22. The van der Waals surface area contributed by atoms with Gasteiger partial charge in [0.1, 0.15) is 12.4 Å². The summed E-state index contributed by atoms with van der Waals surface area (Å²) in [6, 6.07) is 32.6. The summed E-state index contributed by atoms with van der Waals surface area (Å²) in [6.45, 7) is 1.22. The number of anilines is 2. The van der Waals surface area contributed by atoms with E-state index >= 15 is 0 Å². The van der Waals surface area contributed by atoms with Crippen LogP contribution in [0.5, 0.6) is 5.75 Å². The molecule has 0 spiro atoms. The van der Waals surface area contributed by atoms with Crippen molar-refractivity contribution < 1.29 is 24.2 Å². The number of Topliss-reactive ketones (excluding diaryl/α,β-unsaturated/α-hetero) is 1. The molecule has 6 nitrogen and oxygen atoms in total. The number of aliphatic carboxylic acids is 1. The number of nitrogens with zero attached hydrogens (tertiary/aromatic N) is 1. The van der Waals surface area contributed by atoms with Gasteiger partial charge in [0, 0.05) is 24.1 Å². The lowest BCUT2D eigenvalue weighted by molar-refractivity contribution is -0.151. The number of ketones is 1. The second-order valence-corrected chi connectivity index (χ2v) is 9.22. The highest BCUT2D eigenvalue weighted by Crippen LogP contribution is 2.35. The minimum absolute atomic E-state index is 0.111. The number of fused-ring (bicyclic) bond motifs is 2. The zero-order valence-corrected chi connectivity index (χ0v) is 21.0. The molecule has 0 amide bonds. The Hall–Kier alpha value is -4.42. The van der Waals surface area contributed by atoms with Gasteiger partial charge in [-0.05, 0) is 47.0 Å². The Morgan fingerprint density at radius 3 is 2.26 bits per heavy atom. The summed E-state index contributed by atoms with van der Waals surface area (Å²) in [6.07, 6.45) is -0.302. The van der Waals surface area contributed by atoms with Gasteiger partial charge in [-0.2, -0.15) is 0 Å². The molecule has 4 aromatic carbocycles. The first-order valence-electron chi connectivity index (χ1n) is 12.7. The third kappa shape index (κ3) is 5.93. The summed E-state index contributed by atoms with van der Waals surface area (Å²) in [5.41, 5.74) is 5.40. The van der Waals surface area contributed by atoms with Crippen LogP contribution in [0.15, 0.2) is 103 Å². The number of carbonyl (C=O) groups is 2. The van der Waals surface area contributed by atoms with Gasteiger partial charge in [0.25, 0.3) is 0 Å². The molecule has 0 fully saturated rings. The first-order chi connectivity index (χ1) is 18.6. The SMILES string of the molecule is O=C1Cc2ccccc2N(CCOc2ccc(CC(OCc3ccccc3)C(=O)O)cc2)c2ccccc21. The lowest BCUT2D eigenvalue weighted by Gasteiger charge is -2.26. The van der Waals surface area contributed by atoms with Crippen molar-refractivity contribution in [3.63, 3.8) is 0 Å². The van der Waals surface area contributed by atoms with Crippen molar-refractivity contribution in [2.24, 2.45) is 0 Å². The molecule has 0 aromatic heterocycles. The average molecular weight is 508 g/mol. The Morgan fingerprint density at radius 2 is 1.50 bits per heavy atom. The average Bonchev–Trinajstić information content (AvgIpc) is 3.06. The maximum Gasteiger partial charge on any atom is 0.333 e. The minimum atomic E-state index is -0.988. The number of hydrogen-bond donors (Lipinski definition) is 1. The third-order valence-electron chi connectivity index (χ3n) is 6.63. The van der Waals surface area contributed by atoms with E-state index in [0.717, 1.165) is 33.6 Å². The molecule has 0 radical (unpaired) electrons. The molecule has 1 N–H and O–H groups in total. The monoisotopic (exact) mass is 507 g/mol. The van der Waals surface area contributed by atoms with Gasteiger partial charge in [-0.15, -0.1) is 0 Å². The predicted molar refractivity (Wildman–Crippen MR) is 146 cm³/mol. The molecule has 0 aliphatic carbocycles. The molecule has 1 atom stereocenters. The molecule has 0 bridgehead atoms. The zero-order chi connectivity index (χ0) is 26.3. The smallest absolute Gasteiger partial charge is 0.333 e. The van der Waals surface area contributed by atoms with Crippen LogP contribution >= 0.6 is 0 Å². The van der Waals surface area contributed by atoms with Crippen LogP contribution in [0, 0.1) is 0 Å². The number of rotatable bonds is 10. The van der Waals surface area contributed by atoms with E-state index in [1.807, 2.05) is 103 Å². The largest absolute Gasteiger partial charge is 0.492 e. The van der Waals surface area contributed by atoms with Gasteiger partial charge < -0.3 is 19.5 Å². The van der Waals surface area contributed by atoms with E-state index in [1.165, 1.54) is 0 Å². The van der Waals surface area contributed by atoms with E-state index < -0.39 is 12.1 Å². The van der Waals surface area contributed by atoms with Crippen LogP contribution in [0.1, 0.15) is 27.0 Å². The Balaban J connectivity index is 1.21. The van der Waals surface area contributed by atoms with Gasteiger partial charge in [-0.25, -0.2) is 4.79 Å². The number of carbonyl (C=O) groups excluding carboxylic acids is 1. The van der Waals surface area contributed by atoms with E-state index in [9.17, 15) is 14.7 Å². The fourth-order valence-corrected chi connectivity index (χ4v) is 4.69. The summed E-state index contributed by atoms with van der Waals surface area (Å²) >= 11 is 0. The number of ether oxygens (including phenoxy) is 2. The van der Waals surface area contributed by atoms with Crippen LogP contribution in [-0.2, 0) is 29.0 Å². The van der Waals surface area contributed by atoms with Gasteiger partial charge in [0.15, 0.2) is 11.9 Å². The molecule has 1 unspecified atom stereocenters. The van der Waals surface area contributed by atoms with Gasteiger partial charge in [-0.1, -0.05) is 72.8 Å². The Morgan fingerprint density at radius 1 is 0.816 bits per heavy atom. The predicted octanol–water partition coefficient (Wildman–Crippen LogP) is 5.86. The summed E-state index contributed by atoms with van der Waals surface area (Å²) in [7, 11) is 0. The third-order valence-corrected chi connectivity index (χ3v) is 6.63. The maximum atomic E-state index is 12.9. The van der Waals surface area contributed by atoms with Crippen molar-refractivity contribution in [3.05, 3.63) is 125 Å². The van der Waals surface area contributed by atoms with Crippen molar-refractivity contribution in [2.75, 3.05) is 18.1 Å². The van der Waals surface area contributed by atoms with Crippen molar-refractivity contribution in [1.82, 2.24) is 0 Å². The fraction of sp³-hybridized carbons (Fsp3) is 0.188. The molecule has 5 rings (SSSR count). The fourth-order valence-electron chi connectivity index (χ4n) is 4.69. The first kappa shape index (κ1) is 25.2. The molecular weight excluding hydrogens is 478 g/mol. The Kier molecular flexibility index (Phi) is 7.81. The van der Waals surface area contributed by atoms with E-state index in [-0.39, 0.29) is 18.8 Å². The van der Waals surface area contributed by atoms with Crippen LogP contribution in [0.2, 0.25) is 0 Å². The second kappa shape index (κ2) is 11.8. The normalized spacial score (nSPS) is 13.3. The highest BCUT2D eigenvalue weighted by Gasteiger charge is 2.25. The molecule has 0 saturated carbocycles. The van der Waals surface area contributed by atoms with Crippen LogP contribution in [-0.4, -0.2) is 36.1 Å². The maximum absolute atomic E-state index is 12.9. The van der Waals surface area contributed by atoms with Gasteiger partial charge in [0.05, 0.1) is 18.8 Å². The summed E-state index contributed by atoms with van der Waals surface area (Å²) in [5, 5.41) is 9.61. The van der Waals surface area contributed by atoms with Crippen LogP contribution in [0.25, 0.3) is 0 Å². The molecular formula is C32H29NO5. The van der Waals surface area contributed by atoms with E-state index in [4.69, 9.17) is 9.47 Å². The number of benzene rings is 4. The van der Waals surface area contributed by atoms with Crippen molar-refractivity contribution in [1.29, 1.82) is 0 Å². The topological polar surface area (TPSA) is 76.1 Å². The van der Waals surface area contributed by atoms with Crippen molar-refractivity contribution in [2.45, 2.75) is 25.6 Å². The summed E-state index contributed by atoms with van der Waals surface area (Å²) in [4.78, 5) is 26.7.